The van der Waals surface area contributed by atoms with E-state index >= 15 is 0 Å². The molecular weight excluding hydrogens is 307 g/mol. The zero-order valence-electron chi connectivity index (χ0n) is 11.0. The van der Waals surface area contributed by atoms with E-state index in [9.17, 15) is 19.3 Å². The Morgan fingerprint density at radius 3 is 2.95 bits per heavy atom. The quantitative estimate of drug-likeness (QED) is 0.480. The van der Waals surface area contributed by atoms with Gasteiger partial charge in [-0.15, -0.1) is 0 Å². The van der Waals surface area contributed by atoms with E-state index in [0.717, 1.165) is 12.1 Å². The number of carbonyl (C=O) groups is 1. The fourth-order valence-corrected chi connectivity index (χ4v) is 2.23. The van der Waals surface area contributed by atoms with Crippen LogP contribution in [0.15, 0.2) is 12.1 Å². The molecule has 0 saturated carbocycles. The molecule has 1 aromatic carbocycles. The molecule has 1 aromatic rings. The monoisotopic (exact) mass is 318 g/mol. The van der Waals surface area contributed by atoms with Crippen LogP contribution < -0.4 is 4.90 Å². The molecule has 1 fully saturated rings. The van der Waals surface area contributed by atoms with Crippen molar-refractivity contribution in [2.75, 3.05) is 31.7 Å². The van der Waals surface area contributed by atoms with Gasteiger partial charge in [0.25, 0.3) is 5.69 Å². The van der Waals surface area contributed by atoms with Gasteiger partial charge >= 0.3 is 5.97 Å². The number of carbonyl (C=O) groups excluding carboxylic acids is 1. The third-order valence-electron chi connectivity index (χ3n) is 3.09. The normalized spacial score (nSPS) is 18.4. The van der Waals surface area contributed by atoms with Gasteiger partial charge in [0, 0.05) is 18.7 Å². The van der Waals surface area contributed by atoms with Crippen LogP contribution in [0.5, 0.6) is 0 Å². The lowest BCUT2D eigenvalue weighted by molar-refractivity contribution is -0.384. The van der Waals surface area contributed by atoms with E-state index < -0.39 is 22.8 Å². The molecule has 1 aliphatic rings. The Morgan fingerprint density at radius 1 is 1.62 bits per heavy atom. The van der Waals surface area contributed by atoms with Gasteiger partial charge in [0.2, 0.25) is 0 Å². The summed E-state index contributed by atoms with van der Waals surface area (Å²) in [6, 6.07) is 1.94. The maximum atomic E-state index is 13.6. The number of hydrogen-bond donors (Lipinski definition) is 0. The molecule has 9 heteroatoms. The van der Waals surface area contributed by atoms with Crippen LogP contribution in [0.25, 0.3) is 0 Å². The van der Waals surface area contributed by atoms with Gasteiger partial charge in [-0.1, -0.05) is 11.6 Å². The van der Waals surface area contributed by atoms with Gasteiger partial charge in [0.05, 0.1) is 30.2 Å². The number of hydrogen-bond acceptors (Lipinski definition) is 6. The summed E-state index contributed by atoms with van der Waals surface area (Å²) in [7, 11) is 1.22. The first-order chi connectivity index (χ1) is 9.93. The number of ether oxygens (including phenoxy) is 2. The number of anilines is 1. The lowest BCUT2D eigenvalue weighted by Crippen LogP contribution is -2.46. The van der Waals surface area contributed by atoms with Crippen LogP contribution in [0.4, 0.5) is 15.8 Å². The van der Waals surface area contributed by atoms with Gasteiger partial charge in [-0.3, -0.25) is 10.1 Å². The fraction of sp³-hybridized carbons (Fsp3) is 0.417. The molecule has 114 valence electrons. The molecule has 1 aliphatic heterocycles. The standard InChI is InChI=1S/C12H12ClFN2O5/c1-20-12(17)11-6-15(2-3-21-11)9-5-8(14)7(13)4-10(9)16(18)19/h4-5,11H,2-3,6H2,1H3. The summed E-state index contributed by atoms with van der Waals surface area (Å²) >= 11 is 5.57. The second-order valence-electron chi connectivity index (χ2n) is 4.34. The van der Waals surface area contributed by atoms with Crippen molar-refractivity contribution in [3.05, 3.63) is 33.1 Å². The first-order valence-corrected chi connectivity index (χ1v) is 6.39. The average molecular weight is 319 g/mol. The minimum absolute atomic E-state index is 0.0363. The minimum atomic E-state index is -0.873. The van der Waals surface area contributed by atoms with Gasteiger partial charge in [0.15, 0.2) is 6.10 Å². The highest BCUT2D eigenvalue weighted by atomic mass is 35.5. The number of rotatable bonds is 3. The molecule has 0 amide bonds. The Labute approximate surface area is 124 Å². The van der Waals surface area contributed by atoms with Crippen molar-refractivity contribution in [1.29, 1.82) is 0 Å². The average Bonchev–Trinajstić information content (AvgIpc) is 2.48. The lowest BCUT2D eigenvalue weighted by Gasteiger charge is -2.32. The van der Waals surface area contributed by atoms with Gasteiger partial charge in [0.1, 0.15) is 11.5 Å². The smallest absolute Gasteiger partial charge is 0.336 e. The predicted molar refractivity (Wildman–Crippen MR) is 72.0 cm³/mol. The van der Waals surface area contributed by atoms with Crippen molar-refractivity contribution in [2.24, 2.45) is 0 Å². The highest BCUT2D eigenvalue weighted by molar-refractivity contribution is 6.31. The Balaban J connectivity index is 2.34. The number of nitrogens with zero attached hydrogens (tertiary/aromatic N) is 2. The number of halogens is 2. The molecule has 1 atom stereocenters. The third-order valence-corrected chi connectivity index (χ3v) is 3.38. The highest BCUT2D eigenvalue weighted by Gasteiger charge is 2.31. The Hall–Kier alpha value is -1.93. The maximum absolute atomic E-state index is 13.6. The van der Waals surface area contributed by atoms with E-state index in [1.807, 2.05) is 0 Å². The summed E-state index contributed by atoms with van der Waals surface area (Å²) in [6.07, 6.45) is -0.873. The summed E-state index contributed by atoms with van der Waals surface area (Å²) < 4.78 is 23.4. The van der Waals surface area contributed by atoms with Crippen LogP contribution in [0, 0.1) is 15.9 Å². The van der Waals surface area contributed by atoms with E-state index in [4.69, 9.17) is 16.3 Å². The van der Waals surface area contributed by atoms with Crippen molar-refractivity contribution in [3.63, 3.8) is 0 Å². The van der Waals surface area contributed by atoms with Crippen LogP contribution >= 0.6 is 11.6 Å². The second kappa shape index (κ2) is 6.23. The molecule has 0 N–H and O–H groups in total. The second-order valence-corrected chi connectivity index (χ2v) is 4.75. The van der Waals surface area contributed by atoms with Crippen molar-refractivity contribution < 1.29 is 23.6 Å². The molecule has 0 aromatic heterocycles. The van der Waals surface area contributed by atoms with Crippen LogP contribution in [-0.4, -0.2) is 43.8 Å². The van der Waals surface area contributed by atoms with Crippen molar-refractivity contribution in [3.8, 4) is 0 Å². The number of nitro benzene ring substituents is 1. The Bertz CT molecular complexity index is 583. The van der Waals surface area contributed by atoms with Crippen LogP contribution in [0.3, 0.4) is 0 Å². The van der Waals surface area contributed by atoms with Gasteiger partial charge in [-0.25, -0.2) is 9.18 Å². The van der Waals surface area contributed by atoms with E-state index in [-0.39, 0.29) is 36.1 Å². The van der Waals surface area contributed by atoms with E-state index in [1.165, 1.54) is 12.0 Å². The van der Waals surface area contributed by atoms with Crippen molar-refractivity contribution >= 4 is 28.9 Å². The number of methoxy groups -OCH3 is 1. The Kier molecular flexibility index (Phi) is 4.59. The van der Waals surface area contributed by atoms with Crippen molar-refractivity contribution in [1.82, 2.24) is 0 Å². The largest absolute Gasteiger partial charge is 0.467 e. The zero-order chi connectivity index (χ0) is 15.6. The summed E-state index contributed by atoms with van der Waals surface area (Å²) in [4.78, 5) is 23.4. The number of benzene rings is 1. The SMILES string of the molecule is COC(=O)C1CN(c2cc(F)c(Cl)cc2[N+](=O)[O-])CCO1. The minimum Gasteiger partial charge on any atom is -0.467 e. The molecule has 1 unspecified atom stereocenters. The zero-order valence-corrected chi connectivity index (χ0v) is 11.8. The van der Waals surface area contributed by atoms with Crippen LogP contribution in [0.1, 0.15) is 0 Å². The van der Waals surface area contributed by atoms with E-state index in [0.29, 0.717) is 0 Å². The van der Waals surface area contributed by atoms with Gasteiger partial charge < -0.3 is 14.4 Å². The van der Waals surface area contributed by atoms with E-state index in [2.05, 4.69) is 4.74 Å². The molecular formula is C12H12ClFN2O5. The highest BCUT2D eigenvalue weighted by Crippen LogP contribution is 2.34. The Morgan fingerprint density at radius 2 is 2.33 bits per heavy atom. The van der Waals surface area contributed by atoms with Crippen molar-refractivity contribution in [2.45, 2.75) is 6.10 Å². The fourth-order valence-electron chi connectivity index (χ4n) is 2.07. The molecule has 0 aliphatic carbocycles. The molecule has 0 spiro atoms. The number of esters is 1. The summed E-state index contributed by atoms with van der Waals surface area (Å²) in [5.41, 5.74) is -0.272. The summed E-state index contributed by atoms with van der Waals surface area (Å²) in [5, 5.41) is 10.7. The topological polar surface area (TPSA) is 81.9 Å². The summed E-state index contributed by atoms with van der Waals surface area (Å²) in [5.74, 6) is -1.35. The number of nitro groups is 1. The lowest BCUT2D eigenvalue weighted by atomic mass is 10.2. The molecule has 1 heterocycles. The predicted octanol–water partition coefficient (Wildman–Crippen LogP) is 1.77. The first-order valence-electron chi connectivity index (χ1n) is 6.02. The first kappa shape index (κ1) is 15.5. The summed E-state index contributed by atoms with van der Waals surface area (Å²) in [6.45, 7) is 0.491. The van der Waals surface area contributed by atoms with E-state index in [1.54, 1.807) is 0 Å². The molecule has 1 saturated heterocycles. The van der Waals surface area contributed by atoms with Crippen LogP contribution in [0.2, 0.25) is 5.02 Å². The van der Waals surface area contributed by atoms with Crippen LogP contribution in [-0.2, 0) is 14.3 Å². The van der Waals surface area contributed by atoms with Gasteiger partial charge in [-0.05, 0) is 0 Å². The molecule has 21 heavy (non-hydrogen) atoms. The molecule has 7 nitrogen and oxygen atoms in total. The number of morpholine rings is 1. The molecule has 2 rings (SSSR count). The van der Waals surface area contributed by atoms with Gasteiger partial charge in [-0.2, -0.15) is 0 Å². The third kappa shape index (κ3) is 3.22. The maximum Gasteiger partial charge on any atom is 0.336 e. The molecule has 0 bridgehead atoms. The molecule has 0 radical (unpaired) electrons.